The number of amides is 1. The molecule has 0 atom stereocenters. The Hall–Kier alpha value is -2.40. The first-order chi connectivity index (χ1) is 10.7. The minimum Gasteiger partial charge on any atom is -0.484 e. The van der Waals surface area contributed by atoms with Crippen LogP contribution in [0.5, 0.6) is 17.2 Å². The van der Waals surface area contributed by atoms with Gasteiger partial charge in [0.25, 0.3) is 5.91 Å². The predicted molar refractivity (Wildman–Crippen MR) is 81.4 cm³/mol. The third kappa shape index (κ3) is 3.43. The minimum absolute atomic E-state index is 0.0793. The van der Waals surface area contributed by atoms with Gasteiger partial charge < -0.3 is 19.5 Å². The standard InChI is InChI=1S/C16H14ClNO4/c17-13-4-2-1-3-11(13)8-18-16(19)9-20-12-5-6-14-15(7-12)22-10-21-14/h1-7H,8-10H2,(H,18,19). The average molecular weight is 320 g/mol. The number of fused-ring (bicyclic) bond motifs is 1. The third-order valence-electron chi connectivity index (χ3n) is 3.15. The Labute approximate surface area is 132 Å². The van der Waals surface area contributed by atoms with Crippen LogP contribution in [-0.2, 0) is 11.3 Å². The number of halogens is 1. The second kappa shape index (κ2) is 6.58. The van der Waals surface area contributed by atoms with E-state index in [0.29, 0.717) is 28.8 Å². The fourth-order valence-electron chi connectivity index (χ4n) is 2.00. The molecule has 1 N–H and O–H groups in total. The van der Waals surface area contributed by atoms with Gasteiger partial charge in [0.1, 0.15) is 5.75 Å². The van der Waals surface area contributed by atoms with Crippen LogP contribution in [0.25, 0.3) is 0 Å². The molecule has 0 saturated heterocycles. The maximum absolute atomic E-state index is 11.8. The molecule has 1 aliphatic heterocycles. The van der Waals surface area contributed by atoms with Crippen molar-refractivity contribution in [1.82, 2.24) is 5.32 Å². The second-order valence-corrected chi connectivity index (χ2v) is 5.08. The zero-order valence-electron chi connectivity index (χ0n) is 11.7. The van der Waals surface area contributed by atoms with Crippen LogP contribution in [0.1, 0.15) is 5.56 Å². The summed E-state index contributed by atoms with van der Waals surface area (Å²) in [6, 6.07) is 12.5. The highest BCUT2D eigenvalue weighted by atomic mass is 35.5. The maximum Gasteiger partial charge on any atom is 0.258 e. The van der Waals surface area contributed by atoms with Crippen molar-refractivity contribution >= 4 is 17.5 Å². The van der Waals surface area contributed by atoms with Crippen molar-refractivity contribution in [3.8, 4) is 17.2 Å². The molecule has 0 saturated carbocycles. The zero-order chi connectivity index (χ0) is 15.4. The lowest BCUT2D eigenvalue weighted by Gasteiger charge is -2.09. The lowest BCUT2D eigenvalue weighted by molar-refractivity contribution is -0.123. The summed E-state index contributed by atoms with van der Waals surface area (Å²) in [5.74, 6) is 1.62. The fraction of sp³-hybridized carbons (Fsp3) is 0.188. The average Bonchev–Trinajstić information content (AvgIpc) is 2.99. The first kappa shape index (κ1) is 14.5. The van der Waals surface area contributed by atoms with Gasteiger partial charge in [0.2, 0.25) is 6.79 Å². The monoisotopic (exact) mass is 319 g/mol. The Balaban J connectivity index is 1.49. The first-order valence-corrected chi connectivity index (χ1v) is 7.13. The third-order valence-corrected chi connectivity index (χ3v) is 3.52. The fourth-order valence-corrected chi connectivity index (χ4v) is 2.20. The van der Waals surface area contributed by atoms with Crippen LogP contribution in [0.3, 0.4) is 0 Å². The first-order valence-electron chi connectivity index (χ1n) is 6.75. The molecule has 6 heteroatoms. The predicted octanol–water partition coefficient (Wildman–Crippen LogP) is 2.76. The SMILES string of the molecule is O=C(COc1ccc2c(c1)OCO2)NCc1ccccc1Cl. The molecule has 0 aromatic heterocycles. The second-order valence-electron chi connectivity index (χ2n) is 4.67. The molecule has 0 fully saturated rings. The molecule has 1 aliphatic rings. The van der Waals surface area contributed by atoms with E-state index in [0.717, 1.165) is 5.56 Å². The molecule has 1 heterocycles. The van der Waals surface area contributed by atoms with Crippen LogP contribution in [0.4, 0.5) is 0 Å². The summed E-state index contributed by atoms with van der Waals surface area (Å²) in [6.07, 6.45) is 0. The molecular weight excluding hydrogens is 306 g/mol. The van der Waals surface area contributed by atoms with Crippen molar-refractivity contribution in [1.29, 1.82) is 0 Å². The summed E-state index contributed by atoms with van der Waals surface area (Å²) >= 11 is 6.03. The van der Waals surface area contributed by atoms with E-state index >= 15 is 0 Å². The molecule has 5 nitrogen and oxygen atoms in total. The van der Waals surface area contributed by atoms with Crippen LogP contribution in [-0.4, -0.2) is 19.3 Å². The van der Waals surface area contributed by atoms with Gasteiger partial charge >= 0.3 is 0 Å². The molecule has 0 aliphatic carbocycles. The summed E-state index contributed by atoms with van der Waals surface area (Å²) in [5.41, 5.74) is 0.862. The van der Waals surface area contributed by atoms with E-state index in [1.807, 2.05) is 18.2 Å². The Kier molecular flexibility index (Phi) is 4.34. The van der Waals surface area contributed by atoms with E-state index < -0.39 is 0 Å². The largest absolute Gasteiger partial charge is 0.484 e. The number of carbonyl (C=O) groups is 1. The van der Waals surface area contributed by atoms with Crippen LogP contribution >= 0.6 is 11.6 Å². The molecule has 22 heavy (non-hydrogen) atoms. The van der Waals surface area contributed by atoms with Gasteiger partial charge in [-0.15, -0.1) is 0 Å². The lowest BCUT2D eigenvalue weighted by Crippen LogP contribution is -2.28. The van der Waals surface area contributed by atoms with Gasteiger partial charge in [-0.25, -0.2) is 0 Å². The minimum atomic E-state index is -0.224. The topological polar surface area (TPSA) is 56.8 Å². The molecular formula is C16H14ClNO4. The summed E-state index contributed by atoms with van der Waals surface area (Å²) in [5, 5.41) is 3.38. The molecule has 0 radical (unpaired) electrons. The normalized spacial score (nSPS) is 12.0. The number of benzene rings is 2. The molecule has 3 rings (SSSR count). The van der Waals surface area contributed by atoms with Crippen LogP contribution in [0.2, 0.25) is 5.02 Å². The Bertz CT molecular complexity index is 690. The molecule has 2 aromatic carbocycles. The van der Waals surface area contributed by atoms with Gasteiger partial charge in [-0.3, -0.25) is 4.79 Å². The van der Waals surface area contributed by atoms with Gasteiger partial charge in [-0.1, -0.05) is 29.8 Å². The smallest absolute Gasteiger partial charge is 0.258 e. The molecule has 0 unspecified atom stereocenters. The van der Waals surface area contributed by atoms with Crippen molar-refractivity contribution in [3.63, 3.8) is 0 Å². The summed E-state index contributed by atoms with van der Waals surface area (Å²) in [7, 11) is 0. The zero-order valence-corrected chi connectivity index (χ0v) is 12.4. The number of hydrogen-bond acceptors (Lipinski definition) is 4. The van der Waals surface area contributed by atoms with Crippen LogP contribution < -0.4 is 19.5 Å². The van der Waals surface area contributed by atoms with E-state index in [1.165, 1.54) is 0 Å². The van der Waals surface area contributed by atoms with Crippen molar-refractivity contribution in [2.75, 3.05) is 13.4 Å². The van der Waals surface area contributed by atoms with Gasteiger partial charge in [-0.2, -0.15) is 0 Å². The molecule has 114 valence electrons. The van der Waals surface area contributed by atoms with E-state index in [9.17, 15) is 4.79 Å². The molecule has 2 aromatic rings. The number of carbonyl (C=O) groups excluding carboxylic acids is 1. The van der Waals surface area contributed by atoms with Gasteiger partial charge in [0.15, 0.2) is 18.1 Å². The summed E-state index contributed by atoms with van der Waals surface area (Å²) in [4.78, 5) is 11.8. The van der Waals surface area contributed by atoms with Crippen LogP contribution in [0, 0.1) is 0 Å². The van der Waals surface area contributed by atoms with E-state index in [-0.39, 0.29) is 19.3 Å². The quantitative estimate of drug-likeness (QED) is 0.920. The van der Waals surface area contributed by atoms with E-state index in [2.05, 4.69) is 5.32 Å². The summed E-state index contributed by atoms with van der Waals surface area (Å²) < 4.78 is 15.9. The number of nitrogens with one attached hydrogen (secondary N) is 1. The Morgan fingerprint density at radius 1 is 1.18 bits per heavy atom. The number of ether oxygens (including phenoxy) is 3. The van der Waals surface area contributed by atoms with Crippen molar-refractivity contribution in [2.24, 2.45) is 0 Å². The molecule has 0 spiro atoms. The Morgan fingerprint density at radius 3 is 2.86 bits per heavy atom. The highest BCUT2D eigenvalue weighted by molar-refractivity contribution is 6.31. The van der Waals surface area contributed by atoms with Crippen molar-refractivity contribution in [3.05, 3.63) is 53.1 Å². The number of hydrogen-bond donors (Lipinski definition) is 1. The Morgan fingerprint density at radius 2 is 2.00 bits per heavy atom. The van der Waals surface area contributed by atoms with Crippen molar-refractivity contribution in [2.45, 2.75) is 6.54 Å². The van der Waals surface area contributed by atoms with E-state index in [4.69, 9.17) is 25.8 Å². The van der Waals surface area contributed by atoms with Gasteiger partial charge in [0, 0.05) is 17.6 Å². The molecule has 1 amide bonds. The van der Waals surface area contributed by atoms with Crippen LogP contribution in [0.15, 0.2) is 42.5 Å². The maximum atomic E-state index is 11.8. The van der Waals surface area contributed by atoms with Gasteiger partial charge in [-0.05, 0) is 23.8 Å². The summed E-state index contributed by atoms with van der Waals surface area (Å²) in [6.45, 7) is 0.490. The highest BCUT2D eigenvalue weighted by Gasteiger charge is 2.14. The van der Waals surface area contributed by atoms with E-state index in [1.54, 1.807) is 24.3 Å². The lowest BCUT2D eigenvalue weighted by atomic mass is 10.2. The van der Waals surface area contributed by atoms with Crippen molar-refractivity contribution < 1.29 is 19.0 Å². The molecule has 0 bridgehead atoms. The highest BCUT2D eigenvalue weighted by Crippen LogP contribution is 2.34. The number of rotatable bonds is 5. The van der Waals surface area contributed by atoms with Gasteiger partial charge in [0.05, 0.1) is 0 Å².